The molecule has 0 unspecified atom stereocenters. The minimum atomic E-state index is -3.97. The molecule has 0 spiro atoms. The zero-order valence-electron chi connectivity index (χ0n) is 16.3. The predicted molar refractivity (Wildman–Crippen MR) is 117 cm³/mol. The summed E-state index contributed by atoms with van der Waals surface area (Å²) >= 11 is 6.13. The van der Waals surface area contributed by atoms with E-state index in [9.17, 15) is 13.2 Å². The van der Waals surface area contributed by atoms with E-state index in [-0.39, 0.29) is 15.5 Å². The summed E-state index contributed by atoms with van der Waals surface area (Å²) in [5.41, 5.74) is 4.32. The molecule has 0 radical (unpaired) electrons. The molecular formula is C22H21ClN2O3S. The van der Waals surface area contributed by atoms with E-state index in [4.69, 9.17) is 11.6 Å². The SMILES string of the molecule is Cc1ccc(NC(=O)c2ccc(Cl)c(S(=O)(=O)Nc3ccc(C)c(C)c3)c2)cc1. The molecule has 0 aliphatic rings. The van der Waals surface area contributed by atoms with Crippen molar-refractivity contribution in [2.45, 2.75) is 25.7 Å². The second-order valence-electron chi connectivity index (χ2n) is 6.87. The number of aryl methyl sites for hydroxylation is 3. The fourth-order valence-corrected chi connectivity index (χ4v) is 4.28. The molecule has 0 fully saturated rings. The molecule has 0 aromatic heterocycles. The number of carbonyl (C=O) groups is 1. The van der Waals surface area contributed by atoms with Crippen LogP contribution in [0.3, 0.4) is 0 Å². The Morgan fingerprint density at radius 2 is 1.48 bits per heavy atom. The molecule has 29 heavy (non-hydrogen) atoms. The van der Waals surface area contributed by atoms with Gasteiger partial charge in [0.25, 0.3) is 15.9 Å². The van der Waals surface area contributed by atoms with Crippen LogP contribution >= 0.6 is 11.6 Å². The van der Waals surface area contributed by atoms with E-state index in [2.05, 4.69) is 10.0 Å². The maximum absolute atomic E-state index is 12.9. The van der Waals surface area contributed by atoms with Gasteiger partial charge >= 0.3 is 0 Å². The van der Waals surface area contributed by atoms with E-state index in [1.54, 1.807) is 24.3 Å². The highest BCUT2D eigenvalue weighted by Gasteiger charge is 2.21. The number of benzene rings is 3. The number of hydrogen-bond acceptors (Lipinski definition) is 3. The summed E-state index contributed by atoms with van der Waals surface area (Å²) in [4.78, 5) is 12.4. The Morgan fingerprint density at radius 3 is 2.14 bits per heavy atom. The molecule has 2 N–H and O–H groups in total. The molecular weight excluding hydrogens is 408 g/mol. The summed E-state index contributed by atoms with van der Waals surface area (Å²) < 4.78 is 28.2. The zero-order valence-corrected chi connectivity index (χ0v) is 17.9. The van der Waals surface area contributed by atoms with Crippen LogP contribution in [0.15, 0.2) is 65.6 Å². The van der Waals surface area contributed by atoms with Crippen molar-refractivity contribution in [3.05, 3.63) is 87.9 Å². The standard InChI is InChI=1S/C22H21ClN2O3S/c1-14-4-8-18(9-5-14)24-22(26)17-7-11-20(23)21(13-17)29(27,28)25-19-10-6-15(2)16(3)12-19/h4-13,25H,1-3H3,(H,24,26). The Kier molecular flexibility index (Phi) is 5.96. The molecule has 0 heterocycles. The molecule has 7 heteroatoms. The molecule has 5 nitrogen and oxygen atoms in total. The molecule has 1 amide bonds. The lowest BCUT2D eigenvalue weighted by Gasteiger charge is -2.12. The van der Waals surface area contributed by atoms with Gasteiger partial charge in [-0.25, -0.2) is 8.42 Å². The quantitative estimate of drug-likeness (QED) is 0.577. The lowest BCUT2D eigenvalue weighted by atomic mass is 10.1. The maximum Gasteiger partial charge on any atom is 0.263 e. The van der Waals surface area contributed by atoms with Crippen molar-refractivity contribution in [2.75, 3.05) is 10.0 Å². The molecule has 0 aliphatic heterocycles. The van der Waals surface area contributed by atoms with E-state index in [1.165, 1.54) is 18.2 Å². The van der Waals surface area contributed by atoms with Crippen molar-refractivity contribution in [3.63, 3.8) is 0 Å². The first-order chi connectivity index (χ1) is 13.7. The highest BCUT2D eigenvalue weighted by atomic mass is 35.5. The van der Waals surface area contributed by atoms with E-state index >= 15 is 0 Å². The van der Waals surface area contributed by atoms with Crippen LogP contribution in [0.1, 0.15) is 27.0 Å². The molecule has 0 atom stereocenters. The summed E-state index contributed by atoms with van der Waals surface area (Å²) in [5.74, 6) is -0.423. The zero-order chi connectivity index (χ0) is 21.2. The van der Waals surface area contributed by atoms with Gasteiger partial charge < -0.3 is 5.32 Å². The highest BCUT2D eigenvalue weighted by Crippen LogP contribution is 2.26. The monoisotopic (exact) mass is 428 g/mol. The number of carbonyl (C=O) groups excluding carboxylic acids is 1. The topological polar surface area (TPSA) is 75.3 Å². The van der Waals surface area contributed by atoms with E-state index in [0.717, 1.165) is 16.7 Å². The number of rotatable bonds is 5. The Morgan fingerprint density at radius 1 is 0.828 bits per heavy atom. The second-order valence-corrected chi connectivity index (χ2v) is 8.93. The first-order valence-electron chi connectivity index (χ1n) is 8.93. The summed E-state index contributed by atoms with van der Waals surface area (Å²) in [5, 5.41) is 2.79. The van der Waals surface area contributed by atoms with Crippen LogP contribution in [0.4, 0.5) is 11.4 Å². The lowest BCUT2D eigenvalue weighted by molar-refractivity contribution is 0.102. The van der Waals surface area contributed by atoms with E-state index in [1.807, 2.05) is 39.0 Å². The van der Waals surface area contributed by atoms with Gasteiger partial charge in [0.05, 0.1) is 5.02 Å². The van der Waals surface area contributed by atoms with E-state index in [0.29, 0.717) is 11.4 Å². The average molecular weight is 429 g/mol. The van der Waals surface area contributed by atoms with Crippen molar-refractivity contribution in [1.29, 1.82) is 0 Å². The number of nitrogens with one attached hydrogen (secondary N) is 2. The van der Waals surface area contributed by atoms with Crippen molar-refractivity contribution in [1.82, 2.24) is 0 Å². The van der Waals surface area contributed by atoms with Gasteiger partial charge in [-0.15, -0.1) is 0 Å². The van der Waals surface area contributed by atoms with Gasteiger partial charge in [0.2, 0.25) is 0 Å². The van der Waals surface area contributed by atoms with Crippen LogP contribution < -0.4 is 10.0 Å². The van der Waals surface area contributed by atoms with Gasteiger partial charge in [-0.1, -0.05) is 35.4 Å². The third-order valence-corrected chi connectivity index (χ3v) is 6.41. The van der Waals surface area contributed by atoms with Crippen LogP contribution in [-0.4, -0.2) is 14.3 Å². The number of sulfonamides is 1. The fourth-order valence-electron chi connectivity index (χ4n) is 2.71. The maximum atomic E-state index is 12.9. The van der Waals surface area contributed by atoms with Crippen molar-refractivity contribution in [2.24, 2.45) is 0 Å². The summed E-state index contributed by atoms with van der Waals surface area (Å²) in [6.07, 6.45) is 0. The Balaban J connectivity index is 1.88. The normalized spacial score (nSPS) is 11.2. The van der Waals surface area contributed by atoms with Crippen LogP contribution in [0.5, 0.6) is 0 Å². The van der Waals surface area contributed by atoms with Crippen molar-refractivity contribution < 1.29 is 13.2 Å². The minimum absolute atomic E-state index is 0.0354. The number of anilines is 2. The van der Waals surface area contributed by atoms with Crippen molar-refractivity contribution in [3.8, 4) is 0 Å². The van der Waals surface area contributed by atoms with Gasteiger partial charge in [0.1, 0.15) is 4.90 Å². The molecule has 3 aromatic carbocycles. The lowest BCUT2D eigenvalue weighted by Crippen LogP contribution is -2.16. The molecule has 0 bridgehead atoms. The molecule has 0 saturated carbocycles. The highest BCUT2D eigenvalue weighted by molar-refractivity contribution is 7.92. The van der Waals surface area contributed by atoms with Gasteiger partial charge in [-0.05, 0) is 74.4 Å². The molecule has 3 aromatic rings. The molecule has 3 rings (SSSR count). The average Bonchev–Trinajstić information content (AvgIpc) is 2.66. The number of halogens is 1. The molecule has 0 aliphatic carbocycles. The van der Waals surface area contributed by atoms with Crippen LogP contribution in [-0.2, 0) is 10.0 Å². The summed E-state index contributed by atoms with van der Waals surface area (Å²) in [6.45, 7) is 5.79. The Hall–Kier alpha value is -2.83. The fraction of sp³-hybridized carbons (Fsp3) is 0.136. The number of amides is 1. The van der Waals surface area contributed by atoms with Crippen molar-refractivity contribution >= 4 is 38.9 Å². The predicted octanol–water partition coefficient (Wildman–Crippen LogP) is 5.32. The largest absolute Gasteiger partial charge is 0.322 e. The molecule has 0 saturated heterocycles. The first kappa shape index (κ1) is 20.9. The first-order valence-corrected chi connectivity index (χ1v) is 10.8. The smallest absolute Gasteiger partial charge is 0.263 e. The van der Waals surface area contributed by atoms with E-state index < -0.39 is 15.9 Å². The van der Waals surface area contributed by atoms with Crippen LogP contribution in [0.2, 0.25) is 5.02 Å². The third-order valence-electron chi connectivity index (χ3n) is 4.55. The Labute approximate surface area is 175 Å². The van der Waals surface area contributed by atoms with Gasteiger partial charge in [-0.2, -0.15) is 0 Å². The van der Waals surface area contributed by atoms with Crippen LogP contribution in [0, 0.1) is 20.8 Å². The van der Waals surface area contributed by atoms with Gasteiger partial charge in [-0.3, -0.25) is 9.52 Å². The summed E-state index contributed by atoms with van der Waals surface area (Å²) in [6, 6.07) is 16.7. The third kappa shape index (κ3) is 4.96. The van der Waals surface area contributed by atoms with Gasteiger partial charge in [0.15, 0.2) is 0 Å². The van der Waals surface area contributed by atoms with Crippen LogP contribution in [0.25, 0.3) is 0 Å². The molecule has 150 valence electrons. The minimum Gasteiger partial charge on any atom is -0.322 e. The van der Waals surface area contributed by atoms with Gasteiger partial charge in [0, 0.05) is 16.9 Å². The second kappa shape index (κ2) is 8.27. The Bertz CT molecular complexity index is 1170. The number of hydrogen-bond donors (Lipinski definition) is 2. The summed E-state index contributed by atoms with van der Waals surface area (Å²) in [7, 11) is -3.97.